The van der Waals surface area contributed by atoms with Crippen molar-refractivity contribution in [1.29, 1.82) is 0 Å². The molecule has 4 rings (SSSR count). The molecule has 0 spiro atoms. The molecule has 4 atom stereocenters. The molecule has 2 saturated heterocycles. The Labute approximate surface area is 171 Å². The van der Waals surface area contributed by atoms with E-state index < -0.39 is 41.2 Å². The molecule has 2 aliphatic heterocycles. The highest BCUT2D eigenvalue weighted by Gasteiger charge is 2.68. The fraction of sp³-hybridized carbons (Fsp3) is 0.286. The maximum Gasteiger partial charge on any atom is 0.325 e. The number of fused-ring (bicyclic) bond motifs is 1. The molecule has 2 aromatic carbocycles. The highest BCUT2D eigenvalue weighted by atomic mass is 35.5. The van der Waals surface area contributed by atoms with Gasteiger partial charge in [0.05, 0.1) is 11.8 Å². The number of phenolic OH excluding ortho intramolecular Hbond substituents is 1. The molecule has 2 fully saturated rings. The van der Waals surface area contributed by atoms with Gasteiger partial charge in [-0.15, -0.1) is 0 Å². The first-order valence-corrected chi connectivity index (χ1v) is 9.49. The zero-order valence-electron chi connectivity index (χ0n) is 15.5. The summed E-state index contributed by atoms with van der Waals surface area (Å²) in [5.74, 6) is -4.45. The molecule has 0 bridgehead atoms. The topological polar surface area (TPSA) is 107 Å². The van der Waals surface area contributed by atoms with Crippen molar-refractivity contribution < 1.29 is 24.6 Å². The fourth-order valence-corrected chi connectivity index (χ4v) is 4.72. The van der Waals surface area contributed by atoms with Crippen LogP contribution in [0, 0.1) is 11.8 Å². The van der Waals surface area contributed by atoms with Crippen LogP contribution >= 0.6 is 11.6 Å². The summed E-state index contributed by atoms with van der Waals surface area (Å²) in [6.07, 6.45) is 0.00896. The Morgan fingerprint density at radius 2 is 1.86 bits per heavy atom. The first kappa shape index (κ1) is 19.4. The summed E-state index contributed by atoms with van der Waals surface area (Å²) in [5, 5.41) is 24.0. The predicted octanol–water partition coefficient (Wildman–Crippen LogP) is 1.99. The molecular weight excluding hydrogens is 396 g/mol. The zero-order valence-corrected chi connectivity index (χ0v) is 16.3. The van der Waals surface area contributed by atoms with Crippen molar-refractivity contribution >= 4 is 29.4 Å². The summed E-state index contributed by atoms with van der Waals surface area (Å²) in [6, 6.07) is 12.4. The summed E-state index contributed by atoms with van der Waals surface area (Å²) in [4.78, 5) is 39.4. The van der Waals surface area contributed by atoms with Crippen LogP contribution in [-0.4, -0.2) is 45.5 Å². The molecule has 150 valence electrons. The van der Waals surface area contributed by atoms with Gasteiger partial charge in [-0.1, -0.05) is 41.9 Å². The van der Waals surface area contributed by atoms with Gasteiger partial charge in [0.1, 0.15) is 11.3 Å². The number of hydrogen-bond donors (Lipinski definition) is 3. The van der Waals surface area contributed by atoms with Crippen LogP contribution in [0.4, 0.5) is 0 Å². The Kier molecular flexibility index (Phi) is 4.59. The Morgan fingerprint density at radius 3 is 2.52 bits per heavy atom. The lowest BCUT2D eigenvalue weighted by Crippen LogP contribution is -2.57. The van der Waals surface area contributed by atoms with E-state index in [1.807, 2.05) is 6.07 Å². The molecule has 0 aromatic heterocycles. The second-order valence-corrected chi connectivity index (χ2v) is 7.94. The van der Waals surface area contributed by atoms with Crippen molar-refractivity contribution in [2.75, 3.05) is 7.05 Å². The first-order chi connectivity index (χ1) is 13.8. The van der Waals surface area contributed by atoms with Gasteiger partial charge in [0, 0.05) is 30.1 Å². The number of benzene rings is 2. The SMILES string of the molecule is CN1C(=O)C2C(c3cc(Cl)ccc3O)NC(Cc3ccccc3)(C(=O)O)C2C1=O. The third kappa shape index (κ3) is 2.89. The van der Waals surface area contributed by atoms with Crippen LogP contribution in [0.25, 0.3) is 0 Å². The largest absolute Gasteiger partial charge is 0.508 e. The normalized spacial score (nSPS) is 28.6. The summed E-state index contributed by atoms with van der Waals surface area (Å²) in [6.45, 7) is 0. The van der Waals surface area contributed by atoms with Gasteiger partial charge < -0.3 is 10.2 Å². The smallest absolute Gasteiger partial charge is 0.325 e. The minimum Gasteiger partial charge on any atom is -0.508 e. The molecule has 0 radical (unpaired) electrons. The number of carboxylic acid groups (broad SMARTS) is 1. The van der Waals surface area contributed by atoms with Crippen molar-refractivity contribution in [3.05, 3.63) is 64.7 Å². The number of carboxylic acids is 1. The van der Waals surface area contributed by atoms with E-state index in [9.17, 15) is 24.6 Å². The van der Waals surface area contributed by atoms with Gasteiger partial charge in [0.25, 0.3) is 0 Å². The van der Waals surface area contributed by atoms with E-state index in [0.29, 0.717) is 16.1 Å². The fourth-order valence-electron chi connectivity index (χ4n) is 4.54. The molecule has 0 aliphatic carbocycles. The van der Waals surface area contributed by atoms with E-state index in [4.69, 9.17) is 11.6 Å². The average Bonchev–Trinajstić information content (AvgIpc) is 3.15. The number of carbonyl (C=O) groups excluding carboxylic acids is 2. The number of nitrogens with one attached hydrogen (secondary N) is 1. The number of aromatic hydroxyl groups is 1. The van der Waals surface area contributed by atoms with Crippen LogP contribution in [0.3, 0.4) is 0 Å². The highest BCUT2D eigenvalue weighted by Crippen LogP contribution is 2.51. The molecule has 2 aliphatic rings. The summed E-state index contributed by atoms with van der Waals surface area (Å²) in [7, 11) is 1.35. The zero-order chi connectivity index (χ0) is 20.9. The average molecular weight is 415 g/mol. The van der Waals surface area contributed by atoms with Gasteiger partial charge in [-0.3, -0.25) is 24.6 Å². The Balaban J connectivity index is 1.88. The molecule has 2 amide bonds. The molecule has 2 aromatic rings. The lowest BCUT2D eigenvalue weighted by atomic mass is 9.76. The first-order valence-electron chi connectivity index (χ1n) is 9.11. The molecule has 8 heteroatoms. The van der Waals surface area contributed by atoms with Gasteiger partial charge >= 0.3 is 5.97 Å². The molecule has 2 heterocycles. The van der Waals surface area contributed by atoms with Crippen LogP contribution in [0.5, 0.6) is 5.75 Å². The third-order valence-electron chi connectivity index (χ3n) is 5.91. The number of rotatable bonds is 4. The molecular formula is C21H19ClN2O5. The maximum absolute atomic E-state index is 12.9. The van der Waals surface area contributed by atoms with Gasteiger partial charge in [-0.25, -0.2) is 0 Å². The van der Waals surface area contributed by atoms with Crippen LogP contribution < -0.4 is 5.32 Å². The van der Waals surface area contributed by atoms with Crippen LogP contribution in [0.1, 0.15) is 17.2 Å². The summed E-state index contributed by atoms with van der Waals surface area (Å²) < 4.78 is 0. The Bertz CT molecular complexity index is 1010. The minimum absolute atomic E-state index is 0.00896. The van der Waals surface area contributed by atoms with E-state index in [2.05, 4.69) is 5.32 Å². The van der Waals surface area contributed by atoms with Crippen LogP contribution in [0.2, 0.25) is 5.02 Å². The van der Waals surface area contributed by atoms with Gasteiger partial charge in [0.2, 0.25) is 11.8 Å². The van der Waals surface area contributed by atoms with Crippen molar-refractivity contribution in [3.63, 3.8) is 0 Å². The van der Waals surface area contributed by atoms with E-state index in [1.54, 1.807) is 24.3 Å². The lowest BCUT2D eigenvalue weighted by molar-refractivity contribution is -0.151. The Morgan fingerprint density at radius 1 is 1.17 bits per heavy atom. The van der Waals surface area contributed by atoms with Crippen LogP contribution in [0.15, 0.2) is 48.5 Å². The number of imide groups is 1. The highest BCUT2D eigenvalue weighted by molar-refractivity contribution is 6.30. The van der Waals surface area contributed by atoms with E-state index >= 15 is 0 Å². The molecule has 0 saturated carbocycles. The summed E-state index contributed by atoms with van der Waals surface area (Å²) in [5.41, 5.74) is -0.699. The van der Waals surface area contributed by atoms with Crippen molar-refractivity contribution in [2.45, 2.75) is 18.0 Å². The quantitative estimate of drug-likeness (QED) is 0.660. The maximum atomic E-state index is 12.9. The number of halogens is 1. The van der Waals surface area contributed by atoms with Crippen LogP contribution in [-0.2, 0) is 20.8 Å². The second kappa shape index (κ2) is 6.86. The molecule has 3 N–H and O–H groups in total. The van der Waals surface area contributed by atoms with Gasteiger partial charge in [0.15, 0.2) is 0 Å². The molecule has 29 heavy (non-hydrogen) atoms. The lowest BCUT2D eigenvalue weighted by Gasteiger charge is -2.31. The monoisotopic (exact) mass is 414 g/mol. The third-order valence-corrected chi connectivity index (χ3v) is 6.14. The number of amides is 2. The minimum atomic E-state index is -1.71. The number of nitrogens with zero attached hydrogens (tertiary/aromatic N) is 1. The number of carbonyl (C=O) groups is 3. The number of hydrogen-bond acceptors (Lipinski definition) is 5. The number of likely N-dealkylation sites (tertiary alicyclic amines) is 1. The van der Waals surface area contributed by atoms with E-state index in [-0.39, 0.29) is 12.2 Å². The number of aliphatic carboxylic acids is 1. The Hall–Kier alpha value is -2.90. The van der Waals surface area contributed by atoms with E-state index in [0.717, 1.165) is 4.90 Å². The summed E-state index contributed by atoms with van der Waals surface area (Å²) >= 11 is 6.08. The standard InChI is InChI=1S/C21H19ClN2O5/c1-24-18(26)15-16(19(24)27)21(20(28)29,10-11-5-3-2-4-6-11)23-17(15)13-9-12(22)7-8-14(13)25/h2-9,15-17,23,25H,10H2,1H3,(H,28,29). The van der Waals surface area contributed by atoms with Gasteiger partial charge in [-0.05, 0) is 23.8 Å². The molecule has 7 nitrogen and oxygen atoms in total. The van der Waals surface area contributed by atoms with Crippen molar-refractivity contribution in [2.24, 2.45) is 11.8 Å². The van der Waals surface area contributed by atoms with Gasteiger partial charge in [-0.2, -0.15) is 0 Å². The van der Waals surface area contributed by atoms with E-state index in [1.165, 1.54) is 25.2 Å². The second-order valence-electron chi connectivity index (χ2n) is 7.50. The van der Waals surface area contributed by atoms with Crippen molar-refractivity contribution in [1.82, 2.24) is 10.2 Å². The number of phenols is 1. The van der Waals surface area contributed by atoms with Crippen molar-refractivity contribution in [3.8, 4) is 5.75 Å². The predicted molar refractivity (Wildman–Crippen MR) is 104 cm³/mol. The molecule has 4 unspecified atom stereocenters.